The van der Waals surface area contributed by atoms with Crippen molar-refractivity contribution in [2.75, 3.05) is 12.4 Å². The molecule has 114 valence electrons. The van der Waals surface area contributed by atoms with Gasteiger partial charge < -0.3 is 4.90 Å². The molecule has 0 bridgehead atoms. The zero-order chi connectivity index (χ0) is 15.4. The Bertz CT molecular complexity index is 548. The molecule has 0 aliphatic carbocycles. The molecule has 21 heavy (non-hydrogen) atoms. The standard InChI is InChI=1S/C15H19ClN2O3/c1-11-9-12(6-7-14(11)18(20)21)15(19)17-8-4-2-3-5-13(17)10-16/h6-7,9,13H,2-5,8,10H2,1H3. The molecule has 1 atom stereocenters. The van der Waals surface area contributed by atoms with Crippen LogP contribution in [0.5, 0.6) is 0 Å². The van der Waals surface area contributed by atoms with E-state index in [4.69, 9.17) is 11.6 Å². The number of carbonyl (C=O) groups is 1. The smallest absolute Gasteiger partial charge is 0.272 e. The monoisotopic (exact) mass is 310 g/mol. The second-order valence-corrected chi connectivity index (χ2v) is 5.72. The Kier molecular flexibility index (Phi) is 5.17. The molecule has 1 unspecified atom stereocenters. The first-order chi connectivity index (χ1) is 10.0. The number of nitro groups is 1. The molecule has 1 amide bonds. The molecule has 0 aromatic heterocycles. The largest absolute Gasteiger partial charge is 0.334 e. The number of nitro benzene ring substituents is 1. The number of benzene rings is 1. The molecule has 5 nitrogen and oxygen atoms in total. The van der Waals surface area contributed by atoms with Gasteiger partial charge in [-0.1, -0.05) is 12.8 Å². The number of carbonyl (C=O) groups excluding carboxylic acids is 1. The summed E-state index contributed by atoms with van der Waals surface area (Å²) < 4.78 is 0. The maximum atomic E-state index is 12.7. The minimum Gasteiger partial charge on any atom is -0.334 e. The van der Waals surface area contributed by atoms with Gasteiger partial charge in [0.2, 0.25) is 0 Å². The third kappa shape index (κ3) is 3.53. The normalized spacial score (nSPS) is 19.1. The van der Waals surface area contributed by atoms with E-state index in [1.807, 2.05) is 4.90 Å². The minimum absolute atomic E-state index is 0.0382. The summed E-state index contributed by atoms with van der Waals surface area (Å²) in [6, 6.07) is 4.58. The van der Waals surface area contributed by atoms with Gasteiger partial charge in [-0.25, -0.2) is 0 Å². The van der Waals surface area contributed by atoms with Crippen LogP contribution in [-0.4, -0.2) is 34.2 Å². The lowest BCUT2D eigenvalue weighted by atomic mass is 10.1. The van der Waals surface area contributed by atoms with Gasteiger partial charge in [0, 0.05) is 35.7 Å². The van der Waals surface area contributed by atoms with Crippen molar-refractivity contribution in [3.63, 3.8) is 0 Å². The number of aryl methyl sites for hydroxylation is 1. The van der Waals surface area contributed by atoms with Crippen molar-refractivity contribution in [3.05, 3.63) is 39.4 Å². The van der Waals surface area contributed by atoms with Gasteiger partial charge in [-0.3, -0.25) is 14.9 Å². The third-order valence-electron chi connectivity index (χ3n) is 3.96. The summed E-state index contributed by atoms with van der Waals surface area (Å²) in [6.07, 6.45) is 4.09. The summed E-state index contributed by atoms with van der Waals surface area (Å²) >= 11 is 5.99. The Morgan fingerprint density at radius 1 is 1.43 bits per heavy atom. The Labute approximate surface area is 129 Å². The molecule has 0 N–H and O–H groups in total. The fourth-order valence-corrected chi connectivity index (χ4v) is 3.09. The lowest BCUT2D eigenvalue weighted by Crippen LogP contribution is -2.41. The number of likely N-dealkylation sites (tertiary alicyclic amines) is 1. The Morgan fingerprint density at radius 3 is 2.81 bits per heavy atom. The number of nitrogens with zero attached hydrogens (tertiary/aromatic N) is 2. The van der Waals surface area contributed by atoms with E-state index in [1.165, 1.54) is 12.1 Å². The van der Waals surface area contributed by atoms with E-state index in [0.29, 0.717) is 23.6 Å². The third-order valence-corrected chi connectivity index (χ3v) is 4.31. The van der Waals surface area contributed by atoms with Gasteiger partial charge in [0.1, 0.15) is 0 Å². The average Bonchev–Trinajstić information content (AvgIpc) is 2.71. The average molecular weight is 311 g/mol. The maximum Gasteiger partial charge on any atom is 0.272 e. The Morgan fingerprint density at radius 2 is 2.19 bits per heavy atom. The predicted octanol–water partition coefficient (Wildman–Crippen LogP) is 3.53. The highest BCUT2D eigenvalue weighted by Crippen LogP contribution is 2.23. The predicted molar refractivity (Wildman–Crippen MR) is 81.8 cm³/mol. The van der Waals surface area contributed by atoms with Crippen LogP contribution in [0.25, 0.3) is 0 Å². The topological polar surface area (TPSA) is 63.5 Å². The molecular weight excluding hydrogens is 292 g/mol. The molecule has 1 heterocycles. The van der Waals surface area contributed by atoms with E-state index < -0.39 is 4.92 Å². The van der Waals surface area contributed by atoms with Crippen LogP contribution in [0.3, 0.4) is 0 Å². The van der Waals surface area contributed by atoms with Crippen LogP contribution in [0.15, 0.2) is 18.2 Å². The van der Waals surface area contributed by atoms with Crippen LogP contribution < -0.4 is 0 Å². The molecular formula is C15H19ClN2O3. The van der Waals surface area contributed by atoms with Gasteiger partial charge in [0.25, 0.3) is 11.6 Å². The number of hydrogen-bond acceptors (Lipinski definition) is 3. The zero-order valence-electron chi connectivity index (χ0n) is 12.0. The number of alkyl halides is 1. The molecule has 1 aliphatic rings. The first-order valence-corrected chi connectivity index (χ1v) is 7.70. The van der Waals surface area contributed by atoms with Gasteiger partial charge in [0.15, 0.2) is 0 Å². The first kappa shape index (κ1) is 15.8. The van der Waals surface area contributed by atoms with Gasteiger partial charge in [0.05, 0.1) is 4.92 Å². The quantitative estimate of drug-likeness (QED) is 0.487. The van der Waals surface area contributed by atoms with Crippen molar-refractivity contribution in [3.8, 4) is 0 Å². The number of amides is 1. The molecule has 1 aliphatic heterocycles. The van der Waals surface area contributed by atoms with Gasteiger partial charge in [-0.15, -0.1) is 11.6 Å². The Balaban J connectivity index is 2.25. The lowest BCUT2D eigenvalue weighted by molar-refractivity contribution is -0.385. The summed E-state index contributed by atoms with van der Waals surface area (Å²) in [4.78, 5) is 24.9. The second-order valence-electron chi connectivity index (χ2n) is 5.41. The summed E-state index contributed by atoms with van der Waals surface area (Å²) in [6.45, 7) is 2.35. The fourth-order valence-electron chi connectivity index (χ4n) is 2.76. The maximum absolute atomic E-state index is 12.7. The molecule has 2 rings (SSSR count). The van der Waals surface area contributed by atoms with Gasteiger partial charge in [-0.2, -0.15) is 0 Å². The van der Waals surface area contributed by atoms with Crippen LogP contribution in [0.1, 0.15) is 41.6 Å². The summed E-state index contributed by atoms with van der Waals surface area (Å²) in [7, 11) is 0. The molecule has 1 fully saturated rings. The van der Waals surface area contributed by atoms with E-state index in [0.717, 1.165) is 25.7 Å². The summed E-state index contributed by atoms with van der Waals surface area (Å²) in [5.74, 6) is 0.345. The highest BCUT2D eigenvalue weighted by molar-refractivity contribution is 6.18. The van der Waals surface area contributed by atoms with Crippen molar-refractivity contribution in [2.45, 2.75) is 38.6 Å². The Hall–Kier alpha value is -1.62. The van der Waals surface area contributed by atoms with E-state index in [2.05, 4.69) is 0 Å². The second kappa shape index (κ2) is 6.89. The molecule has 0 radical (unpaired) electrons. The molecule has 1 saturated heterocycles. The minimum atomic E-state index is -0.433. The number of halogens is 1. The van der Waals surface area contributed by atoms with E-state index in [-0.39, 0.29) is 17.6 Å². The van der Waals surface area contributed by atoms with E-state index in [1.54, 1.807) is 13.0 Å². The van der Waals surface area contributed by atoms with Crippen molar-refractivity contribution in [1.29, 1.82) is 0 Å². The van der Waals surface area contributed by atoms with Gasteiger partial charge >= 0.3 is 0 Å². The van der Waals surface area contributed by atoms with Crippen LogP contribution in [0.4, 0.5) is 5.69 Å². The summed E-state index contributed by atoms with van der Waals surface area (Å²) in [5, 5.41) is 10.8. The summed E-state index contributed by atoms with van der Waals surface area (Å²) in [5.41, 5.74) is 1.04. The molecule has 1 aromatic carbocycles. The highest BCUT2D eigenvalue weighted by atomic mass is 35.5. The van der Waals surface area contributed by atoms with Crippen LogP contribution in [-0.2, 0) is 0 Å². The number of hydrogen-bond donors (Lipinski definition) is 0. The van der Waals surface area contributed by atoms with Crippen molar-refractivity contribution >= 4 is 23.2 Å². The van der Waals surface area contributed by atoms with Crippen molar-refractivity contribution in [2.24, 2.45) is 0 Å². The van der Waals surface area contributed by atoms with E-state index >= 15 is 0 Å². The van der Waals surface area contributed by atoms with E-state index in [9.17, 15) is 14.9 Å². The SMILES string of the molecule is Cc1cc(C(=O)N2CCCCCC2CCl)ccc1[N+](=O)[O-]. The van der Waals surface area contributed by atoms with Crippen LogP contribution >= 0.6 is 11.6 Å². The van der Waals surface area contributed by atoms with Gasteiger partial charge in [-0.05, 0) is 31.9 Å². The molecule has 6 heteroatoms. The van der Waals surface area contributed by atoms with Crippen LogP contribution in [0, 0.1) is 17.0 Å². The zero-order valence-corrected chi connectivity index (χ0v) is 12.8. The lowest BCUT2D eigenvalue weighted by Gasteiger charge is -2.28. The number of rotatable bonds is 3. The van der Waals surface area contributed by atoms with Crippen LogP contribution in [0.2, 0.25) is 0 Å². The highest BCUT2D eigenvalue weighted by Gasteiger charge is 2.26. The molecule has 1 aromatic rings. The van der Waals surface area contributed by atoms with Crippen molar-refractivity contribution < 1.29 is 9.72 Å². The molecule has 0 spiro atoms. The van der Waals surface area contributed by atoms with Crippen molar-refractivity contribution in [1.82, 2.24) is 4.90 Å². The molecule has 0 saturated carbocycles. The fraction of sp³-hybridized carbons (Fsp3) is 0.533. The first-order valence-electron chi connectivity index (χ1n) is 7.16.